The zero-order valence-corrected chi connectivity index (χ0v) is 13.7. The van der Waals surface area contributed by atoms with E-state index in [1.165, 1.54) is 11.1 Å². The molecule has 1 aliphatic heterocycles. The van der Waals surface area contributed by atoms with Gasteiger partial charge in [0.05, 0.1) is 12.9 Å². The molecular weight excluding hydrogens is 296 g/mol. The lowest BCUT2D eigenvalue weighted by Crippen LogP contribution is -2.40. The number of ether oxygens (including phenoxy) is 2. The van der Waals surface area contributed by atoms with Crippen molar-refractivity contribution in [2.24, 2.45) is 5.92 Å². The van der Waals surface area contributed by atoms with E-state index in [0.29, 0.717) is 13.2 Å². The highest BCUT2D eigenvalue weighted by Crippen LogP contribution is 2.31. The average molecular weight is 318 g/mol. The van der Waals surface area contributed by atoms with Crippen LogP contribution >= 0.6 is 0 Å². The predicted octanol–water partition coefficient (Wildman–Crippen LogP) is 4.02. The summed E-state index contributed by atoms with van der Waals surface area (Å²) < 4.78 is 11.5. The second kappa shape index (κ2) is 7.86. The molecule has 0 saturated heterocycles. The molecule has 1 aliphatic rings. The first kappa shape index (κ1) is 16.4. The van der Waals surface area contributed by atoms with Crippen molar-refractivity contribution in [3.63, 3.8) is 0 Å². The maximum atomic E-state index is 6.10. The normalized spacial score (nSPS) is 20.2. The molecule has 1 unspecified atom stereocenters. The second-order valence-electron chi connectivity index (χ2n) is 6.04. The molecule has 0 bridgehead atoms. The van der Waals surface area contributed by atoms with E-state index < -0.39 is 5.60 Å². The van der Waals surface area contributed by atoms with Gasteiger partial charge in [-0.3, -0.25) is 0 Å². The van der Waals surface area contributed by atoms with Gasteiger partial charge in [-0.25, -0.2) is 0 Å². The summed E-state index contributed by atoms with van der Waals surface area (Å²) in [6, 6.07) is 20.9. The molecular formula is C22H22O2. The van der Waals surface area contributed by atoms with Crippen molar-refractivity contribution in [2.45, 2.75) is 18.4 Å². The molecule has 122 valence electrons. The first-order chi connectivity index (χ1) is 11.8. The third kappa shape index (κ3) is 3.88. The number of benzene rings is 2. The van der Waals surface area contributed by atoms with Crippen molar-refractivity contribution in [1.29, 1.82) is 0 Å². The summed E-state index contributed by atoms with van der Waals surface area (Å²) in [5.41, 5.74) is 1.77. The van der Waals surface area contributed by atoms with Crippen LogP contribution in [0.5, 0.6) is 0 Å². The van der Waals surface area contributed by atoms with Crippen LogP contribution in [-0.4, -0.2) is 18.8 Å². The van der Waals surface area contributed by atoms with Gasteiger partial charge in [-0.1, -0.05) is 66.6 Å². The Balaban J connectivity index is 1.92. The second-order valence-corrected chi connectivity index (χ2v) is 6.04. The number of rotatable bonds is 5. The fourth-order valence-electron chi connectivity index (χ4n) is 3.16. The van der Waals surface area contributed by atoms with Crippen LogP contribution in [-0.2, 0) is 22.3 Å². The third-order valence-corrected chi connectivity index (χ3v) is 4.44. The Bertz CT molecular complexity index is 658. The van der Waals surface area contributed by atoms with Crippen LogP contribution in [0.2, 0.25) is 0 Å². The van der Waals surface area contributed by atoms with Gasteiger partial charge >= 0.3 is 0 Å². The molecule has 0 fully saturated rings. The van der Waals surface area contributed by atoms with Crippen molar-refractivity contribution < 1.29 is 9.47 Å². The lowest BCUT2D eigenvalue weighted by atomic mass is 9.79. The molecule has 1 atom stereocenters. The van der Waals surface area contributed by atoms with Crippen molar-refractivity contribution >= 4 is 0 Å². The fourth-order valence-corrected chi connectivity index (χ4v) is 3.16. The Labute approximate surface area is 144 Å². The van der Waals surface area contributed by atoms with E-state index in [1.807, 2.05) is 18.2 Å². The van der Waals surface area contributed by atoms with Crippen LogP contribution in [0.1, 0.15) is 11.1 Å². The Morgan fingerprint density at radius 1 is 0.917 bits per heavy atom. The Kier molecular flexibility index (Phi) is 5.36. The smallest absolute Gasteiger partial charge is 0.153 e. The first-order valence-corrected chi connectivity index (χ1v) is 8.31. The highest BCUT2D eigenvalue weighted by atomic mass is 16.5. The molecule has 24 heavy (non-hydrogen) atoms. The minimum absolute atomic E-state index is 0.130. The molecule has 2 heteroatoms. The van der Waals surface area contributed by atoms with Crippen molar-refractivity contribution in [2.75, 3.05) is 13.2 Å². The number of hydrogen-bond donors (Lipinski definition) is 0. The summed E-state index contributed by atoms with van der Waals surface area (Å²) in [7, 11) is 0. The lowest BCUT2D eigenvalue weighted by molar-refractivity contribution is -0.0135. The minimum Gasteiger partial charge on any atom is -0.499 e. The van der Waals surface area contributed by atoms with Gasteiger partial charge in [0.2, 0.25) is 0 Å². The van der Waals surface area contributed by atoms with Crippen molar-refractivity contribution in [3.8, 4) is 12.3 Å². The SMILES string of the molecule is C#CC1(C(Cc2ccccc2)Cc2ccccc2)C=COCCO1. The maximum absolute atomic E-state index is 6.10. The summed E-state index contributed by atoms with van der Waals surface area (Å²) in [6.07, 6.45) is 11.2. The highest BCUT2D eigenvalue weighted by molar-refractivity contribution is 5.28. The quantitative estimate of drug-likeness (QED) is 0.775. The Morgan fingerprint density at radius 3 is 2.04 bits per heavy atom. The molecule has 2 nitrogen and oxygen atoms in total. The van der Waals surface area contributed by atoms with Crippen LogP contribution in [0, 0.1) is 18.3 Å². The number of hydrogen-bond acceptors (Lipinski definition) is 2. The van der Waals surface area contributed by atoms with E-state index in [4.69, 9.17) is 15.9 Å². The minimum atomic E-state index is -0.748. The molecule has 0 aliphatic carbocycles. The van der Waals surface area contributed by atoms with Gasteiger partial charge in [0.1, 0.15) is 6.61 Å². The molecule has 0 amide bonds. The predicted molar refractivity (Wildman–Crippen MR) is 96.4 cm³/mol. The van der Waals surface area contributed by atoms with Gasteiger partial charge in [0, 0.05) is 5.92 Å². The monoisotopic (exact) mass is 318 g/mol. The van der Waals surface area contributed by atoms with Gasteiger partial charge < -0.3 is 9.47 Å². The Morgan fingerprint density at radius 2 is 1.50 bits per heavy atom. The van der Waals surface area contributed by atoms with Crippen molar-refractivity contribution in [1.82, 2.24) is 0 Å². The number of terminal acetylenes is 1. The van der Waals surface area contributed by atoms with Gasteiger partial charge in [-0.2, -0.15) is 0 Å². The third-order valence-electron chi connectivity index (χ3n) is 4.44. The van der Waals surface area contributed by atoms with E-state index in [-0.39, 0.29) is 5.92 Å². The van der Waals surface area contributed by atoms with E-state index in [1.54, 1.807) is 6.26 Å². The summed E-state index contributed by atoms with van der Waals surface area (Å²) in [5.74, 6) is 3.04. The summed E-state index contributed by atoms with van der Waals surface area (Å²) in [4.78, 5) is 0. The van der Waals surface area contributed by atoms with Gasteiger partial charge in [0.15, 0.2) is 5.60 Å². The summed E-state index contributed by atoms with van der Waals surface area (Å²) in [6.45, 7) is 1.03. The molecule has 0 saturated carbocycles. The van der Waals surface area contributed by atoms with Crippen LogP contribution in [0.3, 0.4) is 0 Å². The van der Waals surface area contributed by atoms with Gasteiger partial charge in [-0.15, -0.1) is 6.42 Å². The zero-order chi connectivity index (χ0) is 16.7. The van der Waals surface area contributed by atoms with Crippen LogP contribution in [0.4, 0.5) is 0 Å². The van der Waals surface area contributed by atoms with Crippen molar-refractivity contribution in [3.05, 3.63) is 84.1 Å². The van der Waals surface area contributed by atoms with E-state index in [0.717, 1.165) is 12.8 Å². The van der Waals surface area contributed by atoms with Gasteiger partial charge in [-0.05, 0) is 30.0 Å². The molecule has 2 aromatic rings. The molecule has 1 heterocycles. The van der Waals surface area contributed by atoms with E-state index >= 15 is 0 Å². The molecule has 0 aromatic heterocycles. The summed E-state index contributed by atoms with van der Waals surface area (Å²) >= 11 is 0. The van der Waals surface area contributed by atoms with E-state index in [2.05, 4.69) is 54.5 Å². The van der Waals surface area contributed by atoms with Gasteiger partial charge in [0.25, 0.3) is 0 Å². The largest absolute Gasteiger partial charge is 0.499 e. The molecule has 0 radical (unpaired) electrons. The summed E-state index contributed by atoms with van der Waals surface area (Å²) in [5, 5.41) is 0. The van der Waals surface area contributed by atoms with Crippen LogP contribution in [0.25, 0.3) is 0 Å². The molecule has 0 N–H and O–H groups in total. The maximum Gasteiger partial charge on any atom is 0.153 e. The van der Waals surface area contributed by atoms with Crippen LogP contribution < -0.4 is 0 Å². The lowest BCUT2D eigenvalue weighted by Gasteiger charge is -2.33. The van der Waals surface area contributed by atoms with E-state index in [9.17, 15) is 0 Å². The molecule has 3 rings (SSSR count). The van der Waals surface area contributed by atoms with Crippen LogP contribution in [0.15, 0.2) is 73.0 Å². The topological polar surface area (TPSA) is 18.5 Å². The fraction of sp³-hybridized carbons (Fsp3) is 0.273. The molecule has 0 spiro atoms. The Hall–Kier alpha value is -2.50. The molecule has 2 aromatic carbocycles. The average Bonchev–Trinajstić information content (AvgIpc) is 2.89. The highest BCUT2D eigenvalue weighted by Gasteiger charge is 2.37. The standard InChI is InChI=1S/C22H22O2/c1-2-22(13-14-23-15-16-24-22)21(17-19-9-5-3-6-10-19)18-20-11-7-4-8-12-20/h1,3-14,21H,15-18H2. The zero-order valence-electron chi connectivity index (χ0n) is 13.7. The first-order valence-electron chi connectivity index (χ1n) is 8.31.